The molecule has 3 nitrogen and oxygen atoms in total. The summed E-state index contributed by atoms with van der Waals surface area (Å²) in [5.41, 5.74) is 1.25. The fourth-order valence-corrected chi connectivity index (χ4v) is 2.23. The van der Waals surface area contributed by atoms with E-state index in [0.29, 0.717) is 25.1 Å². The molecule has 0 amide bonds. The summed E-state index contributed by atoms with van der Waals surface area (Å²) in [5.74, 6) is 1.50. The molecule has 1 aromatic carbocycles. The van der Waals surface area contributed by atoms with Gasteiger partial charge in [0.05, 0.1) is 0 Å². The van der Waals surface area contributed by atoms with E-state index in [1.807, 2.05) is 18.2 Å². The SMILES string of the molecule is CCc1cccc(OCC(O)CNC(C)CC(C)C)c1. The highest BCUT2D eigenvalue weighted by Gasteiger charge is 2.09. The third-order valence-corrected chi connectivity index (χ3v) is 3.28. The van der Waals surface area contributed by atoms with E-state index < -0.39 is 6.10 Å². The summed E-state index contributed by atoms with van der Waals surface area (Å²) in [5, 5.41) is 13.3. The van der Waals surface area contributed by atoms with E-state index in [1.165, 1.54) is 5.56 Å². The first-order valence-electron chi connectivity index (χ1n) is 7.64. The molecule has 0 saturated carbocycles. The lowest BCUT2D eigenvalue weighted by Gasteiger charge is -2.19. The van der Waals surface area contributed by atoms with Gasteiger partial charge in [-0.05, 0) is 43.4 Å². The van der Waals surface area contributed by atoms with Gasteiger partial charge in [-0.15, -0.1) is 0 Å². The van der Waals surface area contributed by atoms with Crippen molar-refractivity contribution in [2.45, 2.75) is 52.7 Å². The Hall–Kier alpha value is -1.06. The van der Waals surface area contributed by atoms with Crippen LogP contribution in [0.25, 0.3) is 0 Å². The van der Waals surface area contributed by atoms with E-state index in [2.05, 4.69) is 39.1 Å². The zero-order valence-electron chi connectivity index (χ0n) is 13.2. The first-order valence-corrected chi connectivity index (χ1v) is 7.64. The van der Waals surface area contributed by atoms with Crippen molar-refractivity contribution in [1.29, 1.82) is 0 Å². The molecule has 0 bridgehead atoms. The lowest BCUT2D eigenvalue weighted by Crippen LogP contribution is -2.37. The molecule has 0 heterocycles. The van der Waals surface area contributed by atoms with Gasteiger partial charge in [-0.25, -0.2) is 0 Å². The molecule has 2 atom stereocenters. The van der Waals surface area contributed by atoms with E-state index in [0.717, 1.165) is 18.6 Å². The number of benzene rings is 1. The summed E-state index contributed by atoms with van der Waals surface area (Å²) in [4.78, 5) is 0. The zero-order valence-corrected chi connectivity index (χ0v) is 13.2. The summed E-state index contributed by atoms with van der Waals surface area (Å²) >= 11 is 0. The molecule has 20 heavy (non-hydrogen) atoms. The number of aliphatic hydroxyl groups excluding tert-OH is 1. The fourth-order valence-electron chi connectivity index (χ4n) is 2.23. The highest BCUT2D eigenvalue weighted by Crippen LogP contribution is 2.13. The molecule has 0 aliphatic carbocycles. The van der Waals surface area contributed by atoms with Crippen molar-refractivity contribution in [2.24, 2.45) is 5.92 Å². The Balaban J connectivity index is 2.27. The van der Waals surface area contributed by atoms with Crippen LogP contribution in [0.5, 0.6) is 5.75 Å². The molecule has 0 aliphatic rings. The third kappa shape index (κ3) is 6.92. The Kier molecular flexibility index (Phi) is 7.63. The Bertz CT molecular complexity index is 379. The van der Waals surface area contributed by atoms with E-state index in [4.69, 9.17) is 4.74 Å². The minimum absolute atomic E-state index is 0.328. The summed E-state index contributed by atoms with van der Waals surface area (Å²) in [6.45, 7) is 9.58. The highest BCUT2D eigenvalue weighted by molar-refractivity contribution is 5.28. The van der Waals surface area contributed by atoms with Crippen LogP contribution in [-0.2, 0) is 6.42 Å². The van der Waals surface area contributed by atoms with Gasteiger partial charge >= 0.3 is 0 Å². The first kappa shape index (κ1) is 17.0. The largest absolute Gasteiger partial charge is 0.491 e. The van der Waals surface area contributed by atoms with Crippen molar-refractivity contribution in [3.05, 3.63) is 29.8 Å². The molecule has 114 valence electrons. The number of ether oxygens (including phenoxy) is 1. The van der Waals surface area contributed by atoms with Crippen LogP contribution in [0.4, 0.5) is 0 Å². The molecule has 0 saturated heterocycles. The van der Waals surface area contributed by atoms with Gasteiger partial charge in [0.25, 0.3) is 0 Å². The molecular formula is C17H29NO2. The van der Waals surface area contributed by atoms with E-state index in [9.17, 15) is 5.11 Å². The van der Waals surface area contributed by atoms with Crippen molar-refractivity contribution in [3.8, 4) is 5.75 Å². The predicted octanol–water partition coefficient (Wildman–Crippen LogP) is 3.01. The highest BCUT2D eigenvalue weighted by atomic mass is 16.5. The van der Waals surface area contributed by atoms with Crippen molar-refractivity contribution in [2.75, 3.05) is 13.2 Å². The smallest absolute Gasteiger partial charge is 0.119 e. The third-order valence-electron chi connectivity index (χ3n) is 3.28. The molecule has 0 fully saturated rings. The average Bonchev–Trinajstić information content (AvgIpc) is 2.42. The lowest BCUT2D eigenvalue weighted by molar-refractivity contribution is 0.103. The van der Waals surface area contributed by atoms with Gasteiger partial charge in [-0.2, -0.15) is 0 Å². The molecule has 2 N–H and O–H groups in total. The summed E-state index contributed by atoms with van der Waals surface area (Å²) < 4.78 is 5.63. The molecule has 1 aromatic rings. The van der Waals surface area contributed by atoms with Crippen molar-refractivity contribution >= 4 is 0 Å². The quantitative estimate of drug-likeness (QED) is 0.730. The molecule has 0 spiro atoms. The monoisotopic (exact) mass is 279 g/mol. The van der Waals surface area contributed by atoms with Crippen LogP contribution in [0.15, 0.2) is 24.3 Å². The second kappa shape index (κ2) is 8.98. The maximum atomic E-state index is 9.93. The number of hydrogen-bond acceptors (Lipinski definition) is 3. The molecule has 0 aliphatic heterocycles. The Morgan fingerprint density at radius 1 is 1.25 bits per heavy atom. The van der Waals surface area contributed by atoms with Crippen LogP contribution >= 0.6 is 0 Å². The number of nitrogens with one attached hydrogen (secondary N) is 1. The number of rotatable bonds is 9. The van der Waals surface area contributed by atoms with Crippen LogP contribution in [0.2, 0.25) is 0 Å². The van der Waals surface area contributed by atoms with Crippen LogP contribution in [0.3, 0.4) is 0 Å². The van der Waals surface area contributed by atoms with Gasteiger partial charge in [-0.1, -0.05) is 32.9 Å². The van der Waals surface area contributed by atoms with Crippen LogP contribution < -0.4 is 10.1 Å². The topological polar surface area (TPSA) is 41.5 Å². The second-order valence-corrected chi connectivity index (χ2v) is 5.90. The van der Waals surface area contributed by atoms with E-state index in [-0.39, 0.29) is 0 Å². The van der Waals surface area contributed by atoms with E-state index >= 15 is 0 Å². The normalized spacial score (nSPS) is 14.3. The van der Waals surface area contributed by atoms with Gasteiger partial charge in [0, 0.05) is 12.6 Å². The maximum Gasteiger partial charge on any atom is 0.119 e. The first-order chi connectivity index (χ1) is 9.51. The van der Waals surface area contributed by atoms with Crippen LogP contribution in [0, 0.1) is 5.92 Å². The fraction of sp³-hybridized carbons (Fsp3) is 0.647. The average molecular weight is 279 g/mol. The van der Waals surface area contributed by atoms with Crippen LogP contribution in [0.1, 0.15) is 39.7 Å². The van der Waals surface area contributed by atoms with Gasteiger partial charge in [-0.3, -0.25) is 0 Å². The summed E-state index contributed by atoms with van der Waals surface area (Å²) in [6, 6.07) is 8.46. The van der Waals surface area contributed by atoms with Gasteiger partial charge in [0.1, 0.15) is 18.5 Å². The standard InChI is InChI=1S/C17H29NO2/c1-5-15-7-6-8-17(10-15)20-12-16(19)11-18-14(4)9-13(2)3/h6-8,10,13-14,16,18-19H,5,9,11-12H2,1-4H3. The van der Waals surface area contributed by atoms with Crippen LogP contribution in [-0.4, -0.2) is 30.4 Å². The summed E-state index contributed by atoms with van der Waals surface area (Å²) in [6.07, 6.45) is 1.63. The predicted molar refractivity (Wildman–Crippen MR) is 84.2 cm³/mol. The number of hydrogen-bond donors (Lipinski definition) is 2. The zero-order chi connectivity index (χ0) is 15.0. The van der Waals surface area contributed by atoms with Gasteiger partial charge in [0.2, 0.25) is 0 Å². The van der Waals surface area contributed by atoms with Crippen molar-refractivity contribution in [1.82, 2.24) is 5.32 Å². The number of aliphatic hydroxyl groups is 1. The summed E-state index contributed by atoms with van der Waals surface area (Å²) in [7, 11) is 0. The lowest BCUT2D eigenvalue weighted by atomic mass is 10.1. The maximum absolute atomic E-state index is 9.93. The van der Waals surface area contributed by atoms with E-state index in [1.54, 1.807) is 0 Å². The van der Waals surface area contributed by atoms with Gasteiger partial charge in [0.15, 0.2) is 0 Å². The minimum Gasteiger partial charge on any atom is -0.491 e. The molecular weight excluding hydrogens is 250 g/mol. The molecule has 0 aromatic heterocycles. The molecule has 0 radical (unpaired) electrons. The Morgan fingerprint density at radius 2 is 2.00 bits per heavy atom. The molecule has 3 heteroatoms. The van der Waals surface area contributed by atoms with Gasteiger partial charge < -0.3 is 15.2 Å². The van der Waals surface area contributed by atoms with Crippen molar-refractivity contribution < 1.29 is 9.84 Å². The van der Waals surface area contributed by atoms with Crippen molar-refractivity contribution in [3.63, 3.8) is 0 Å². The molecule has 1 rings (SSSR count). The molecule has 2 unspecified atom stereocenters. The Labute approximate surface area is 123 Å². The minimum atomic E-state index is -0.477. The second-order valence-electron chi connectivity index (χ2n) is 5.90. The number of aryl methyl sites for hydroxylation is 1. The Morgan fingerprint density at radius 3 is 2.65 bits per heavy atom.